The minimum atomic E-state index is 0.153. The van der Waals surface area contributed by atoms with Crippen LogP contribution in [0.1, 0.15) is 33.8 Å². The van der Waals surface area contributed by atoms with Crippen molar-refractivity contribution >= 4 is 17.2 Å². The molecule has 0 atom stereocenters. The number of hydrogen-bond donors (Lipinski definition) is 0. The Balaban J connectivity index is 1.62. The van der Waals surface area contributed by atoms with Crippen LogP contribution in [-0.4, -0.2) is 47.0 Å². The Hall–Kier alpha value is -1.66. The molecule has 0 aromatic carbocycles. The van der Waals surface area contributed by atoms with E-state index in [1.165, 1.54) is 5.56 Å². The number of rotatable bonds is 3. The van der Waals surface area contributed by atoms with E-state index >= 15 is 0 Å². The number of nitrogens with zero attached hydrogens (tertiary/aromatic N) is 3. The zero-order valence-electron chi connectivity index (χ0n) is 13.0. The van der Waals surface area contributed by atoms with Gasteiger partial charge in [-0.05, 0) is 31.7 Å². The first-order valence-electron chi connectivity index (χ1n) is 7.60. The van der Waals surface area contributed by atoms with Crippen LogP contribution < -0.4 is 0 Å². The quantitative estimate of drug-likeness (QED) is 0.873. The Morgan fingerprint density at radius 3 is 2.86 bits per heavy atom. The number of hydrogen-bond acceptors (Lipinski definition) is 5. The Kier molecular flexibility index (Phi) is 4.59. The molecule has 1 aliphatic heterocycles. The lowest BCUT2D eigenvalue weighted by Crippen LogP contribution is -2.35. The normalized spacial score (nSPS) is 16.7. The van der Waals surface area contributed by atoms with Crippen molar-refractivity contribution < 1.29 is 9.32 Å². The molecule has 1 fully saturated rings. The van der Waals surface area contributed by atoms with Gasteiger partial charge in [0, 0.05) is 43.7 Å². The molecule has 1 saturated heterocycles. The summed E-state index contributed by atoms with van der Waals surface area (Å²) in [6, 6.07) is 1.90. The van der Waals surface area contributed by atoms with Crippen molar-refractivity contribution in [2.75, 3.05) is 26.2 Å². The van der Waals surface area contributed by atoms with Gasteiger partial charge >= 0.3 is 0 Å². The number of carbonyl (C=O) groups is 1. The second-order valence-electron chi connectivity index (χ2n) is 5.74. The summed E-state index contributed by atoms with van der Waals surface area (Å²) in [4.78, 5) is 16.8. The van der Waals surface area contributed by atoms with Crippen LogP contribution in [0.15, 0.2) is 21.3 Å². The van der Waals surface area contributed by atoms with Crippen LogP contribution in [-0.2, 0) is 6.54 Å². The highest BCUT2D eigenvalue weighted by Gasteiger charge is 2.22. The third-order valence-corrected chi connectivity index (χ3v) is 4.89. The fourth-order valence-corrected chi connectivity index (χ4v) is 3.48. The molecule has 3 rings (SSSR count). The van der Waals surface area contributed by atoms with E-state index in [1.54, 1.807) is 11.3 Å². The molecular formula is C16H21N3O2S. The second kappa shape index (κ2) is 6.62. The fraction of sp³-hybridized carbons (Fsp3) is 0.500. The summed E-state index contributed by atoms with van der Waals surface area (Å²) in [7, 11) is 0. The molecule has 2 aromatic rings. The van der Waals surface area contributed by atoms with Crippen molar-refractivity contribution in [3.8, 4) is 0 Å². The molecule has 5 nitrogen and oxygen atoms in total. The Labute approximate surface area is 134 Å². The third-order valence-electron chi connectivity index (χ3n) is 4.21. The number of carbonyl (C=O) groups excluding carboxylic acids is 1. The number of thiophene rings is 1. The van der Waals surface area contributed by atoms with Gasteiger partial charge in [0.1, 0.15) is 5.76 Å². The average Bonchev–Trinajstić information content (AvgIpc) is 3.07. The maximum Gasteiger partial charge on any atom is 0.254 e. The van der Waals surface area contributed by atoms with Gasteiger partial charge in [0.05, 0.1) is 11.3 Å². The zero-order chi connectivity index (χ0) is 15.5. The molecule has 1 aliphatic rings. The van der Waals surface area contributed by atoms with Crippen LogP contribution in [0.25, 0.3) is 0 Å². The van der Waals surface area contributed by atoms with Gasteiger partial charge in [-0.3, -0.25) is 9.69 Å². The van der Waals surface area contributed by atoms with Crippen molar-refractivity contribution in [3.63, 3.8) is 0 Å². The van der Waals surface area contributed by atoms with Crippen LogP contribution in [0.5, 0.6) is 0 Å². The molecule has 0 radical (unpaired) electrons. The minimum absolute atomic E-state index is 0.153. The molecule has 22 heavy (non-hydrogen) atoms. The Morgan fingerprint density at radius 2 is 2.18 bits per heavy atom. The monoisotopic (exact) mass is 319 g/mol. The lowest BCUT2D eigenvalue weighted by molar-refractivity contribution is 0.0761. The van der Waals surface area contributed by atoms with E-state index in [2.05, 4.69) is 10.1 Å². The van der Waals surface area contributed by atoms with Crippen LogP contribution in [0, 0.1) is 13.8 Å². The first kappa shape index (κ1) is 15.2. The molecule has 2 aromatic heterocycles. The number of aromatic nitrogens is 1. The van der Waals surface area contributed by atoms with Crippen molar-refractivity contribution in [2.45, 2.75) is 26.8 Å². The minimum Gasteiger partial charge on any atom is -0.361 e. The van der Waals surface area contributed by atoms with E-state index in [0.717, 1.165) is 56.2 Å². The average molecular weight is 319 g/mol. The van der Waals surface area contributed by atoms with Gasteiger partial charge in [0.15, 0.2) is 0 Å². The molecule has 0 N–H and O–H groups in total. The predicted octanol–water partition coefficient (Wildman–Crippen LogP) is 2.70. The molecule has 118 valence electrons. The van der Waals surface area contributed by atoms with Crippen LogP contribution in [0.4, 0.5) is 0 Å². The van der Waals surface area contributed by atoms with Crippen LogP contribution in [0.3, 0.4) is 0 Å². The molecule has 1 amide bonds. The predicted molar refractivity (Wildman–Crippen MR) is 86.1 cm³/mol. The van der Waals surface area contributed by atoms with Gasteiger partial charge in [-0.2, -0.15) is 11.3 Å². The first-order valence-corrected chi connectivity index (χ1v) is 8.55. The second-order valence-corrected chi connectivity index (χ2v) is 6.52. The standard InChI is InChI=1S/C16H21N3O2S/c1-12-15(13(2)21-17-12)10-18-5-3-6-19(8-7-18)16(20)14-4-9-22-11-14/h4,9,11H,3,5-8,10H2,1-2H3. The topological polar surface area (TPSA) is 49.6 Å². The molecule has 0 saturated carbocycles. The smallest absolute Gasteiger partial charge is 0.254 e. The van der Waals surface area contributed by atoms with E-state index in [0.29, 0.717) is 0 Å². The van der Waals surface area contributed by atoms with Gasteiger partial charge in [-0.15, -0.1) is 0 Å². The molecular weight excluding hydrogens is 298 g/mol. The van der Waals surface area contributed by atoms with Crippen LogP contribution >= 0.6 is 11.3 Å². The van der Waals surface area contributed by atoms with Gasteiger partial charge in [0.2, 0.25) is 0 Å². The number of amides is 1. The number of aryl methyl sites for hydroxylation is 2. The van der Waals surface area contributed by atoms with Gasteiger partial charge in [-0.1, -0.05) is 5.16 Å². The highest BCUT2D eigenvalue weighted by Crippen LogP contribution is 2.17. The van der Waals surface area contributed by atoms with Crippen molar-refractivity contribution in [3.05, 3.63) is 39.4 Å². The van der Waals surface area contributed by atoms with E-state index < -0.39 is 0 Å². The summed E-state index contributed by atoms with van der Waals surface area (Å²) < 4.78 is 5.24. The Bertz CT molecular complexity index is 616. The molecule has 0 spiro atoms. The summed E-state index contributed by atoms with van der Waals surface area (Å²) in [5, 5.41) is 7.90. The van der Waals surface area contributed by atoms with Crippen molar-refractivity contribution in [1.82, 2.24) is 15.0 Å². The summed E-state index contributed by atoms with van der Waals surface area (Å²) in [6.45, 7) is 8.28. The maximum absolute atomic E-state index is 12.4. The largest absolute Gasteiger partial charge is 0.361 e. The van der Waals surface area contributed by atoms with Gasteiger partial charge < -0.3 is 9.42 Å². The Morgan fingerprint density at radius 1 is 1.32 bits per heavy atom. The maximum atomic E-state index is 12.4. The fourth-order valence-electron chi connectivity index (χ4n) is 2.85. The van der Waals surface area contributed by atoms with E-state index in [4.69, 9.17) is 4.52 Å². The summed E-state index contributed by atoms with van der Waals surface area (Å²) in [5.74, 6) is 1.05. The summed E-state index contributed by atoms with van der Waals surface area (Å²) in [6.07, 6.45) is 0.999. The van der Waals surface area contributed by atoms with Gasteiger partial charge in [-0.25, -0.2) is 0 Å². The van der Waals surface area contributed by atoms with Crippen molar-refractivity contribution in [2.24, 2.45) is 0 Å². The SMILES string of the molecule is Cc1noc(C)c1CN1CCCN(C(=O)c2ccsc2)CC1. The van der Waals surface area contributed by atoms with Crippen molar-refractivity contribution in [1.29, 1.82) is 0 Å². The molecule has 6 heteroatoms. The summed E-state index contributed by atoms with van der Waals surface area (Å²) in [5.41, 5.74) is 2.95. The summed E-state index contributed by atoms with van der Waals surface area (Å²) >= 11 is 1.57. The zero-order valence-corrected chi connectivity index (χ0v) is 13.9. The molecule has 0 unspecified atom stereocenters. The van der Waals surface area contributed by atoms with Crippen LogP contribution in [0.2, 0.25) is 0 Å². The van der Waals surface area contributed by atoms with E-state index in [1.807, 2.05) is 35.6 Å². The lowest BCUT2D eigenvalue weighted by Gasteiger charge is -2.21. The highest BCUT2D eigenvalue weighted by molar-refractivity contribution is 7.08. The third kappa shape index (κ3) is 3.23. The molecule has 0 bridgehead atoms. The lowest BCUT2D eigenvalue weighted by atomic mass is 10.2. The highest BCUT2D eigenvalue weighted by atomic mass is 32.1. The van der Waals surface area contributed by atoms with E-state index in [-0.39, 0.29) is 5.91 Å². The van der Waals surface area contributed by atoms with E-state index in [9.17, 15) is 4.79 Å². The molecule has 0 aliphatic carbocycles. The molecule has 3 heterocycles. The van der Waals surface area contributed by atoms with Gasteiger partial charge in [0.25, 0.3) is 5.91 Å². The first-order chi connectivity index (χ1) is 10.6.